The molecular formula is C11H10F2N2S. The fourth-order valence-electron chi connectivity index (χ4n) is 1.31. The highest BCUT2D eigenvalue weighted by Crippen LogP contribution is 2.09. The van der Waals surface area contributed by atoms with Crippen molar-refractivity contribution < 1.29 is 8.78 Å². The van der Waals surface area contributed by atoms with Gasteiger partial charge >= 0.3 is 0 Å². The zero-order valence-corrected chi connectivity index (χ0v) is 9.23. The lowest BCUT2D eigenvalue weighted by Gasteiger charge is -2.03. The Morgan fingerprint density at radius 1 is 1.19 bits per heavy atom. The van der Waals surface area contributed by atoms with Gasteiger partial charge in [-0.05, 0) is 17.7 Å². The van der Waals surface area contributed by atoms with Crippen molar-refractivity contribution >= 4 is 11.3 Å². The predicted octanol–water partition coefficient (Wildman–Crippen LogP) is 2.71. The summed E-state index contributed by atoms with van der Waals surface area (Å²) in [5.74, 6) is -1.62. The standard InChI is InChI=1S/C11H10F2N2S/c12-10-2-1-8(3-11(10)13)4-14-5-9-6-15-7-16-9/h1-3,6-7,14H,4-5H2. The van der Waals surface area contributed by atoms with Gasteiger partial charge in [0, 0.05) is 24.2 Å². The number of hydrogen-bond donors (Lipinski definition) is 1. The van der Waals surface area contributed by atoms with Crippen LogP contribution in [0.3, 0.4) is 0 Å². The first-order valence-corrected chi connectivity index (χ1v) is 5.65. The Morgan fingerprint density at radius 3 is 2.75 bits per heavy atom. The Balaban J connectivity index is 1.87. The molecule has 1 aromatic carbocycles. The SMILES string of the molecule is Fc1ccc(CNCc2cncs2)cc1F. The second-order valence-electron chi connectivity index (χ2n) is 3.32. The van der Waals surface area contributed by atoms with Gasteiger partial charge in [0.1, 0.15) is 0 Å². The minimum absolute atomic E-state index is 0.509. The smallest absolute Gasteiger partial charge is 0.159 e. The lowest BCUT2D eigenvalue weighted by molar-refractivity contribution is 0.506. The molecule has 0 aliphatic carbocycles. The molecule has 0 radical (unpaired) electrons. The molecule has 0 bridgehead atoms. The van der Waals surface area contributed by atoms with Gasteiger partial charge in [0.15, 0.2) is 11.6 Å². The maximum atomic E-state index is 12.9. The molecule has 0 fully saturated rings. The van der Waals surface area contributed by atoms with Crippen LogP contribution < -0.4 is 5.32 Å². The van der Waals surface area contributed by atoms with Gasteiger partial charge in [0.2, 0.25) is 0 Å². The van der Waals surface area contributed by atoms with E-state index in [-0.39, 0.29) is 0 Å². The first-order valence-electron chi connectivity index (χ1n) is 4.78. The molecule has 84 valence electrons. The third-order valence-corrected chi connectivity index (χ3v) is 2.88. The highest BCUT2D eigenvalue weighted by molar-refractivity contribution is 7.09. The summed E-state index contributed by atoms with van der Waals surface area (Å²) in [5.41, 5.74) is 2.48. The summed E-state index contributed by atoms with van der Waals surface area (Å²) in [6.45, 7) is 1.19. The number of hydrogen-bond acceptors (Lipinski definition) is 3. The molecule has 16 heavy (non-hydrogen) atoms. The van der Waals surface area contributed by atoms with Gasteiger partial charge in [0.25, 0.3) is 0 Å². The van der Waals surface area contributed by atoms with E-state index in [2.05, 4.69) is 10.3 Å². The van der Waals surface area contributed by atoms with E-state index in [1.807, 2.05) is 0 Å². The maximum Gasteiger partial charge on any atom is 0.159 e. The maximum absolute atomic E-state index is 12.9. The van der Waals surface area contributed by atoms with Gasteiger partial charge < -0.3 is 5.32 Å². The van der Waals surface area contributed by atoms with Crippen molar-refractivity contribution in [3.8, 4) is 0 Å². The van der Waals surface area contributed by atoms with E-state index in [0.29, 0.717) is 13.1 Å². The lowest BCUT2D eigenvalue weighted by Crippen LogP contribution is -2.12. The van der Waals surface area contributed by atoms with E-state index < -0.39 is 11.6 Å². The largest absolute Gasteiger partial charge is 0.308 e. The molecule has 0 aliphatic rings. The van der Waals surface area contributed by atoms with Gasteiger partial charge in [-0.15, -0.1) is 11.3 Å². The molecular weight excluding hydrogens is 230 g/mol. The minimum Gasteiger partial charge on any atom is -0.308 e. The number of rotatable bonds is 4. The second-order valence-corrected chi connectivity index (χ2v) is 4.29. The number of halogens is 2. The number of thiazole rings is 1. The third-order valence-electron chi connectivity index (χ3n) is 2.10. The van der Waals surface area contributed by atoms with Crippen molar-refractivity contribution in [1.82, 2.24) is 10.3 Å². The van der Waals surface area contributed by atoms with E-state index >= 15 is 0 Å². The Labute approximate surface area is 96.0 Å². The van der Waals surface area contributed by atoms with E-state index in [1.54, 1.807) is 29.1 Å². The summed E-state index contributed by atoms with van der Waals surface area (Å²) >= 11 is 1.56. The first kappa shape index (κ1) is 11.2. The van der Waals surface area contributed by atoms with Crippen molar-refractivity contribution in [3.05, 3.63) is 52.0 Å². The van der Waals surface area contributed by atoms with Crippen LogP contribution in [-0.2, 0) is 13.1 Å². The number of nitrogens with zero attached hydrogens (tertiary/aromatic N) is 1. The van der Waals surface area contributed by atoms with Gasteiger partial charge in [-0.3, -0.25) is 4.98 Å². The van der Waals surface area contributed by atoms with Crippen LogP contribution in [0.4, 0.5) is 8.78 Å². The average molecular weight is 240 g/mol. The lowest BCUT2D eigenvalue weighted by atomic mass is 10.2. The predicted molar refractivity (Wildman–Crippen MR) is 59.0 cm³/mol. The van der Waals surface area contributed by atoms with Crippen molar-refractivity contribution in [2.24, 2.45) is 0 Å². The monoisotopic (exact) mass is 240 g/mol. The normalized spacial score (nSPS) is 10.6. The van der Waals surface area contributed by atoms with Crippen LogP contribution in [0.25, 0.3) is 0 Å². The summed E-state index contributed by atoms with van der Waals surface area (Å²) in [7, 11) is 0. The molecule has 0 saturated heterocycles. The van der Waals surface area contributed by atoms with Crippen LogP contribution in [-0.4, -0.2) is 4.98 Å². The van der Waals surface area contributed by atoms with E-state index in [1.165, 1.54) is 6.07 Å². The minimum atomic E-state index is -0.814. The zero-order valence-electron chi connectivity index (χ0n) is 8.41. The molecule has 0 amide bonds. The molecule has 2 nitrogen and oxygen atoms in total. The molecule has 0 aliphatic heterocycles. The van der Waals surface area contributed by atoms with Crippen LogP contribution >= 0.6 is 11.3 Å². The van der Waals surface area contributed by atoms with Gasteiger partial charge in [0.05, 0.1) is 5.51 Å². The molecule has 0 atom stereocenters. The quantitative estimate of drug-likeness (QED) is 0.888. The van der Waals surface area contributed by atoms with E-state index in [9.17, 15) is 8.78 Å². The van der Waals surface area contributed by atoms with Gasteiger partial charge in [-0.1, -0.05) is 6.07 Å². The molecule has 1 N–H and O–H groups in total. The molecule has 2 aromatic rings. The Kier molecular flexibility index (Phi) is 3.58. The Morgan fingerprint density at radius 2 is 2.06 bits per heavy atom. The van der Waals surface area contributed by atoms with Crippen LogP contribution in [0, 0.1) is 11.6 Å². The molecule has 0 unspecified atom stereocenters. The van der Waals surface area contributed by atoms with Gasteiger partial charge in [-0.25, -0.2) is 8.78 Å². The highest BCUT2D eigenvalue weighted by atomic mass is 32.1. The van der Waals surface area contributed by atoms with Crippen molar-refractivity contribution in [2.45, 2.75) is 13.1 Å². The Bertz CT molecular complexity index is 457. The molecule has 0 saturated carbocycles. The molecule has 1 aromatic heterocycles. The first-order chi connectivity index (χ1) is 7.75. The fourth-order valence-corrected chi connectivity index (χ4v) is 1.87. The number of nitrogens with one attached hydrogen (secondary N) is 1. The summed E-state index contributed by atoms with van der Waals surface area (Å²) in [5, 5.41) is 3.13. The van der Waals surface area contributed by atoms with Crippen LogP contribution in [0.2, 0.25) is 0 Å². The summed E-state index contributed by atoms with van der Waals surface area (Å²) in [6, 6.07) is 3.91. The van der Waals surface area contributed by atoms with Crippen LogP contribution in [0.1, 0.15) is 10.4 Å². The molecule has 2 rings (SSSR count). The van der Waals surface area contributed by atoms with Crippen molar-refractivity contribution in [2.75, 3.05) is 0 Å². The topological polar surface area (TPSA) is 24.9 Å². The van der Waals surface area contributed by atoms with E-state index in [0.717, 1.165) is 16.5 Å². The van der Waals surface area contributed by atoms with Crippen LogP contribution in [0.5, 0.6) is 0 Å². The fraction of sp³-hybridized carbons (Fsp3) is 0.182. The number of aromatic nitrogens is 1. The van der Waals surface area contributed by atoms with E-state index in [4.69, 9.17) is 0 Å². The zero-order chi connectivity index (χ0) is 11.4. The van der Waals surface area contributed by atoms with Crippen LogP contribution in [0.15, 0.2) is 29.9 Å². The Hall–Kier alpha value is -1.33. The van der Waals surface area contributed by atoms with Crippen molar-refractivity contribution in [1.29, 1.82) is 0 Å². The molecule has 5 heteroatoms. The molecule has 0 spiro atoms. The second kappa shape index (κ2) is 5.14. The number of benzene rings is 1. The summed E-state index contributed by atoms with van der Waals surface area (Å²) in [4.78, 5) is 5.06. The highest BCUT2D eigenvalue weighted by Gasteiger charge is 2.02. The molecule has 1 heterocycles. The van der Waals surface area contributed by atoms with Gasteiger partial charge in [-0.2, -0.15) is 0 Å². The summed E-state index contributed by atoms with van der Waals surface area (Å²) in [6.07, 6.45) is 1.78. The van der Waals surface area contributed by atoms with Crippen molar-refractivity contribution in [3.63, 3.8) is 0 Å². The third kappa shape index (κ3) is 2.84. The summed E-state index contributed by atoms with van der Waals surface area (Å²) < 4.78 is 25.5. The average Bonchev–Trinajstić information content (AvgIpc) is 2.76.